The van der Waals surface area contributed by atoms with Crippen molar-refractivity contribution >= 4 is 5.91 Å². The zero-order valence-electron chi connectivity index (χ0n) is 11.6. The van der Waals surface area contributed by atoms with Gasteiger partial charge in [0.2, 0.25) is 5.91 Å². The standard InChI is InChI=1S/C14H27N3O/c1-17(12-6-3-2-4-7-12)11-10-16-14(18)13-8-5-9-15-13/h12-13,15H,2-11H2,1H3,(H,16,18). The zero-order chi connectivity index (χ0) is 12.8. The van der Waals surface area contributed by atoms with Crippen LogP contribution in [0.2, 0.25) is 0 Å². The van der Waals surface area contributed by atoms with Crippen LogP contribution in [0.5, 0.6) is 0 Å². The zero-order valence-corrected chi connectivity index (χ0v) is 11.6. The molecule has 0 bridgehead atoms. The highest BCUT2D eigenvalue weighted by Gasteiger charge is 2.22. The van der Waals surface area contributed by atoms with Crippen LogP contribution in [0.4, 0.5) is 0 Å². The van der Waals surface area contributed by atoms with E-state index in [2.05, 4.69) is 22.6 Å². The Morgan fingerprint density at radius 3 is 2.67 bits per heavy atom. The van der Waals surface area contributed by atoms with Crippen molar-refractivity contribution in [3.63, 3.8) is 0 Å². The first-order valence-corrected chi connectivity index (χ1v) is 7.48. The summed E-state index contributed by atoms with van der Waals surface area (Å²) in [5, 5.41) is 6.28. The van der Waals surface area contributed by atoms with Gasteiger partial charge in [-0.15, -0.1) is 0 Å². The van der Waals surface area contributed by atoms with E-state index in [0.29, 0.717) is 0 Å². The molecule has 0 aromatic heterocycles. The van der Waals surface area contributed by atoms with E-state index in [1.165, 1.54) is 32.1 Å². The number of rotatable bonds is 5. The summed E-state index contributed by atoms with van der Waals surface area (Å²) in [6, 6.07) is 0.797. The SMILES string of the molecule is CN(CCNC(=O)C1CCCN1)C1CCCCC1. The molecule has 0 spiro atoms. The molecule has 0 aromatic rings. The highest BCUT2D eigenvalue weighted by atomic mass is 16.2. The molecular weight excluding hydrogens is 226 g/mol. The molecule has 2 N–H and O–H groups in total. The van der Waals surface area contributed by atoms with Crippen molar-refractivity contribution in [1.82, 2.24) is 15.5 Å². The maximum atomic E-state index is 11.8. The first kappa shape index (κ1) is 13.8. The fourth-order valence-electron chi connectivity index (χ4n) is 3.09. The molecule has 4 nitrogen and oxygen atoms in total. The lowest BCUT2D eigenvalue weighted by molar-refractivity contribution is -0.122. The monoisotopic (exact) mass is 253 g/mol. The van der Waals surface area contributed by atoms with Crippen LogP contribution in [-0.2, 0) is 4.79 Å². The molecule has 1 unspecified atom stereocenters. The largest absolute Gasteiger partial charge is 0.353 e. The van der Waals surface area contributed by atoms with Crippen LogP contribution >= 0.6 is 0 Å². The second-order valence-corrected chi connectivity index (χ2v) is 5.71. The summed E-state index contributed by atoms with van der Waals surface area (Å²) in [5.41, 5.74) is 0. The van der Waals surface area contributed by atoms with Crippen LogP contribution in [-0.4, -0.2) is 49.6 Å². The van der Waals surface area contributed by atoms with Gasteiger partial charge in [0.15, 0.2) is 0 Å². The second kappa shape index (κ2) is 7.10. The molecule has 1 saturated carbocycles. The van der Waals surface area contributed by atoms with Crippen LogP contribution in [0, 0.1) is 0 Å². The third-order valence-electron chi connectivity index (χ3n) is 4.34. The Hall–Kier alpha value is -0.610. The summed E-state index contributed by atoms with van der Waals surface area (Å²) >= 11 is 0. The second-order valence-electron chi connectivity index (χ2n) is 5.71. The molecule has 104 valence electrons. The molecular formula is C14H27N3O. The summed E-state index contributed by atoms with van der Waals surface area (Å²) in [7, 11) is 2.19. The van der Waals surface area contributed by atoms with Gasteiger partial charge in [0.25, 0.3) is 0 Å². The van der Waals surface area contributed by atoms with Crippen LogP contribution in [0.25, 0.3) is 0 Å². The maximum absolute atomic E-state index is 11.8. The van der Waals surface area contributed by atoms with E-state index in [1.807, 2.05) is 0 Å². The Labute approximate surface area is 110 Å². The Balaban J connectivity index is 1.60. The first-order chi connectivity index (χ1) is 8.77. The molecule has 2 fully saturated rings. The lowest BCUT2D eigenvalue weighted by Gasteiger charge is -2.31. The smallest absolute Gasteiger partial charge is 0.237 e. The highest BCUT2D eigenvalue weighted by Crippen LogP contribution is 2.21. The van der Waals surface area contributed by atoms with E-state index in [4.69, 9.17) is 0 Å². The summed E-state index contributed by atoms with van der Waals surface area (Å²) in [6.45, 7) is 2.74. The number of nitrogens with one attached hydrogen (secondary N) is 2. The topological polar surface area (TPSA) is 44.4 Å². The van der Waals surface area contributed by atoms with Crippen molar-refractivity contribution in [1.29, 1.82) is 0 Å². The number of carbonyl (C=O) groups is 1. The van der Waals surface area contributed by atoms with Gasteiger partial charge in [-0.05, 0) is 39.3 Å². The van der Waals surface area contributed by atoms with Crippen molar-refractivity contribution in [2.75, 3.05) is 26.7 Å². The minimum Gasteiger partial charge on any atom is -0.353 e. The quantitative estimate of drug-likeness (QED) is 0.772. The molecule has 1 aliphatic heterocycles. The van der Waals surface area contributed by atoms with Gasteiger partial charge in [-0.3, -0.25) is 4.79 Å². The van der Waals surface area contributed by atoms with Gasteiger partial charge in [0, 0.05) is 19.1 Å². The number of amides is 1. The summed E-state index contributed by atoms with van der Waals surface area (Å²) < 4.78 is 0. The Morgan fingerprint density at radius 1 is 1.22 bits per heavy atom. The van der Waals surface area contributed by atoms with Crippen LogP contribution in [0.3, 0.4) is 0 Å². The lowest BCUT2D eigenvalue weighted by atomic mass is 9.94. The predicted octanol–water partition coefficient (Wildman–Crippen LogP) is 1.12. The molecule has 1 heterocycles. The number of hydrogen-bond acceptors (Lipinski definition) is 3. The fraction of sp³-hybridized carbons (Fsp3) is 0.929. The number of nitrogens with zero attached hydrogens (tertiary/aromatic N) is 1. The average molecular weight is 253 g/mol. The van der Waals surface area contributed by atoms with Crippen LogP contribution < -0.4 is 10.6 Å². The maximum Gasteiger partial charge on any atom is 0.237 e. The predicted molar refractivity (Wildman–Crippen MR) is 73.5 cm³/mol. The Morgan fingerprint density at radius 2 is 2.00 bits per heavy atom. The average Bonchev–Trinajstić information content (AvgIpc) is 2.93. The summed E-state index contributed by atoms with van der Waals surface area (Å²) in [4.78, 5) is 14.2. The first-order valence-electron chi connectivity index (χ1n) is 7.48. The van der Waals surface area contributed by atoms with Crippen LogP contribution in [0.1, 0.15) is 44.9 Å². The van der Waals surface area contributed by atoms with Gasteiger partial charge in [0.1, 0.15) is 0 Å². The minimum atomic E-state index is 0.0602. The number of likely N-dealkylation sites (N-methyl/N-ethyl adjacent to an activating group) is 1. The Bertz CT molecular complexity index is 258. The van der Waals surface area contributed by atoms with Crippen molar-refractivity contribution in [2.24, 2.45) is 0 Å². The van der Waals surface area contributed by atoms with Gasteiger partial charge in [-0.25, -0.2) is 0 Å². The molecule has 0 radical (unpaired) electrons. The molecule has 4 heteroatoms. The van der Waals surface area contributed by atoms with Gasteiger partial charge in [0.05, 0.1) is 6.04 Å². The van der Waals surface area contributed by atoms with E-state index in [0.717, 1.165) is 38.5 Å². The minimum absolute atomic E-state index is 0.0602. The van der Waals surface area contributed by atoms with Gasteiger partial charge in [-0.2, -0.15) is 0 Å². The molecule has 1 atom stereocenters. The molecule has 1 aliphatic carbocycles. The molecule has 2 rings (SSSR count). The van der Waals surface area contributed by atoms with Crippen molar-refractivity contribution in [3.8, 4) is 0 Å². The van der Waals surface area contributed by atoms with Crippen LogP contribution in [0.15, 0.2) is 0 Å². The van der Waals surface area contributed by atoms with Gasteiger partial charge in [-0.1, -0.05) is 19.3 Å². The van der Waals surface area contributed by atoms with E-state index in [1.54, 1.807) is 0 Å². The molecule has 18 heavy (non-hydrogen) atoms. The third kappa shape index (κ3) is 3.95. The normalized spacial score (nSPS) is 25.6. The van der Waals surface area contributed by atoms with E-state index in [9.17, 15) is 4.79 Å². The molecule has 1 amide bonds. The van der Waals surface area contributed by atoms with E-state index < -0.39 is 0 Å². The fourth-order valence-corrected chi connectivity index (χ4v) is 3.09. The van der Waals surface area contributed by atoms with Crippen molar-refractivity contribution in [2.45, 2.75) is 57.0 Å². The van der Waals surface area contributed by atoms with E-state index >= 15 is 0 Å². The summed E-state index contributed by atoms with van der Waals surface area (Å²) in [5.74, 6) is 0.185. The lowest BCUT2D eigenvalue weighted by Crippen LogP contribution is -2.44. The van der Waals surface area contributed by atoms with E-state index in [-0.39, 0.29) is 11.9 Å². The van der Waals surface area contributed by atoms with Crippen molar-refractivity contribution in [3.05, 3.63) is 0 Å². The number of carbonyl (C=O) groups excluding carboxylic acids is 1. The molecule has 1 saturated heterocycles. The summed E-state index contributed by atoms with van der Waals surface area (Å²) in [6.07, 6.45) is 8.91. The van der Waals surface area contributed by atoms with Crippen molar-refractivity contribution < 1.29 is 4.79 Å². The molecule has 0 aromatic carbocycles. The van der Waals surface area contributed by atoms with Gasteiger partial charge < -0.3 is 15.5 Å². The number of hydrogen-bond donors (Lipinski definition) is 2. The molecule has 2 aliphatic rings. The Kier molecular flexibility index (Phi) is 5.45. The highest BCUT2D eigenvalue weighted by molar-refractivity contribution is 5.81. The van der Waals surface area contributed by atoms with Gasteiger partial charge >= 0.3 is 0 Å². The third-order valence-corrected chi connectivity index (χ3v) is 4.34.